The number of hydrogen-bond acceptors (Lipinski definition) is 5. The van der Waals surface area contributed by atoms with E-state index in [1.54, 1.807) is 10.9 Å². The molecule has 0 radical (unpaired) electrons. The number of carboxylic acid groups (broad SMARTS) is 1. The van der Waals surface area contributed by atoms with E-state index in [0.29, 0.717) is 6.04 Å². The number of aromatic carboxylic acids is 1. The number of rotatable bonds is 3. The normalized spacial score (nSPS) is 34.0. The molecular weight excluding hydrogens is 270 g/mol. The largest absolute Gasteiger partial charge is 0.476 e. The van der Waals surface area contributed by atoms with Crippen LogP contribution in [0.25, 0.3) is 0 Å². The minimum absolute atomic E-state index is 0.0331. The third kappa shape index (κ3) is 2.15. The lowest BCUT2D eigenvalue weighted by Crippen LogP contribution is -2.57. The van der Waals surface area contributed by atoms with Gasteiger partial charge in [-0.2, -0.15) is 0 Å². The van der Waals surface area contributed by atoms with Gasteiger partial charge in [0.15, 0.2) is 5.69 Å². The van der Waals surface area contributed by atoms with Crippen molar-refractivity contribution in [3.05, 3.63) is 11.9 Å². The molecule has 1 aromatic rings. The molecular formula is C14H21N5O2. The number of piperidine rings is 1. The summed E-state index contributed by atoms with van der Waals surface area (Å²) >= 11 is 0. The van der Waals surface area contributed by atoms with Gasteiger partial charge in [-0.3, -0.25) is 4.90 Å². The summed E-state index contributed by atoms with van der Waals surface area (Å²) in [7, 11) is 2.26. The predicted molar refractivity (Wildman–Crippen MR) is 75.2 cm³/mol. The zero-order valence-corrected chi connectivity index (χ0v) is 12.2. The quantitative estimate of drug-likeness (QED) is 0.872. The molecule has 3 fully saturated rings. The van der Waals surface area contributed by atoms with Gasteiger partial charge in [0.1, 0.15) is 0 Å². The minimum Gasteiger partial charge on any atom is -0.476 e. The molecule has 2 unspecified atom stereocenters. The molecule has 21 heavy (non-hydrogen) atoms. The minimum atomic E-state index is -1.01. The van der Waals surface area contributed by atoms with Crippen LogP contribution in [0.1, 0.15) is 42.2 Å². The molecule has 7 nitrogen and oxygen atoms in total. The molecule has 0 aliphatic carbocycles. The molecule has 2 atom stereocenters. The second kappa shape index (κ2) is 4.78. The number of nitrogens with zero attached hydrogens (tertiary/aromatic N) is 5. The molecule has 3 aliphatic rings. The summed E-state index contributed by atoms with van der Waals surface area (Å²) in [6, 6.07) is 2.50. The molecule has 2 bridgehead atoms. The van der Waals surface area contributed by atoms with Crippen LogP contribution in [0, 0.1) is 0 Å². The molecule has 0 spiro atoms. The topological polar surface area (TPSA) is 74.5 Å². The van der Waals surface area contributed by atoms with Gasteiger partial charge in [0.25, 0.3) is 0 Å². The Labute approximate surface area is 123 Å². The Morgan fingerprint density at radius 3 is 2.43 bits per heavy atom. The highest BCUT2D eigenvalue weighted by Crippen LogP contribution is 2.38. The zero-order chi connectivity index (χ0) is 14.6. The number of aromatic nitrogens is 3. The average Bonchev–Trinajstić information content (AvgIpc) is 2.92. The van der Waals surface area contributed by atoms with E-state index in [1.807, 2.05) is 0 Å². The van der Waals surface area contributed by atoms with E-state index in [1.165, 1.54) is 25.7 Å². The lowest BCUT2D eigenvalue weighted by Gasteiger charge is -2.48. The van der Waals surface area contributed by atoms with Crippen molar-refractivity contribution in [3.8, 4) is 0 Å². The smallest absolute Gasteiger partial charge is 0.358 e. The van der Waals surface area contributed by atoms with E-state index in [-0.39, 0.29) is 11.7 Å². The van der Waals surface area contributed by atoms with Crippen molar-refractivity contribution in [1.82, 2.24) is 24.8 Å². The molecule has 4 heterocycles. The maximum absolute atomic E-state index is 10.8. The molecule has 0 aromatic carbocycles. The SMILES string of the molecule is CN1C2CCC1CC(N1CC(n3cc(C(=O)O)nn3)C1)C2. The summed E-state index contributed by atoms with van der Waals surface area (Å²) in [5, 5.41) is 16.5. The number of likely N-dealkylation sites (tertiary alicyclic amines) is 1. The molecule has 1 aromatic heterocycles. The van der Waals surface area contributed by atoms with Crippen LogP contribution in [-0.4, -0.2) is 74.1 Å². The second-order valence-electron chi connectivity index (χ2n) is 6.67. The van der Waals surface area contributed by atoms with E-state index < -0.39 is 5.97 Å². The molecule has 1 N–H and O–H groups in total. The van der Waals surface area contributed by atoms with Crippen molar-refractivity contribution in [3.63, 3.8) is 0 Å². The lowest BCUT2D eigenvalue weighted by atomic mass is 9.93. The first-order chi connectivity index (χ1) is 10.1. The van der Waals surface area contributed by atoms with Crippen LogP contribution in [0.15, 0.2) is 6.20 Å². The first-order valence-electron chi connectivity index (χ1n) is 7.73. The van der Waals surface area contributed by atoms with E-state index in [9.17, 15) is 4.79 Å². The van der Waals surface area contributed by atoms with Crippen LogP contribution in [0.2, 0.25) is 0 Å². The fourth-order valence-electron chi connectivity index (χ4n) is 4.19. The third-order valence-corrected chi connectivity index (χ3v) is 5.58. The van der Waals surface area contributed by atoms with E-state index in [2.05, 4.69) is 27.2 Å². The van der Waals surface area contributed by atoms with Crippen molar-refractivity contribution in [2.75, 3.05) is 20.1 Å². The molecule has 3 aliphatic heterocycles. The monoisotopic (exact) mass is 291 g/mol. The highest BCUT2D eigenvalue weighted by atomic mass is 16.4. The Hall–Kier alpha value is -1.47. The van der Waals surface area contributed by atoms with Gasteiger partial charge in [0, 0.05) is 31.2 Å². The number of fused-ring (bicyclic) bond motifs is 2. The molecule has 0 amide bonds. The van der Waals surface area contributed by atoms with Crippen molar-refractivity contribution in [2.45, 2.75) is 49.9 Å². The fourth-order valence-corrected chi connectivity index (χ4v) is 4.19. The summed E-state index contributed by atoms with van der Waals surface area (Å²) in [5.74, 6) is -1.01. The van der Waals surface area contributed by atoms with Crippen molar-refractivity contribution in [1.29, 1.82) is 0 Å². The van der Waals surface area contributed by atoms with Crippen LogP contribution >= 0.6 is 0 Å². The number of carboxylic acids is 1. The summed E-state index contributed by atoms with van der Waals surface area (Å²) in [5.41, 5.74) is 0.0331. The standard InChI is InChI=1S/C14H21N5O2/c1-17-9-2-3-10(17)5-11(4-9)18-6-12(7-18)19-8-13(14(20)21)15-16-19/h8-12H,2-7H2,1H3,(H,20,21). The van der Waals surface area contributed by atoms with Crippen molar-refractivity contribution < 1.29 is 9.90 Å². The summed E-state index contributed by atoms with van der Waals surface area (Å²) in [6.45, 7) is 1.94. The van der Waals surface area contributed by atoms with Gasteiger partial charge in [-0.1, -0.05) is 5.21 Å². The van der Waals surface area contributed by atoms with Gasteiger partial charge in [-0.15, -0.1) is 5.10 Å². The van der Waals surface area contributed by atoms with Crippen molar-refractivity contribution >= 4 is 5.97 Å². The van der Waals surface area contributed by atoms with Gasteiger partial charge in [-0.05, 0) is 32.7 Å². The molecule has 3 saturated heterocycles. The average molecular weight is 291 g/mol. The Kier molecular flexibility index (Phi) is 3.00. The summed E-state index contributed by atoms with van der Waals surface area (Å²) in [6.07, 6.45) is 6.79. The van der Waals surface area contributed by atoms with Gasteiger partial charge in [0.2, 0.25) is 0 Å². The Bertz CT molecular complexity index is 539. The number of hydrogen-bond donors (Lipinski definition) is 1. The van der Waals surface area contributed by atoms with Gasteiger partial charge >= 0.3 is 5.97 Å². The van der Waals surface area contributed by atoms with Crippen LogP contribution in [0.5, 0.6) is 0 Å². The Balaban J connectivity index is 1.36. The van der Waals surface area contributed by atoms with E-state index >= 15 is 0 Å². The molecule has 114 valence electrons. The third-order valence-electron chi connectivity index (χ3n) is 5.58. The zero-order valence-electron chi connectivity index (χ0n) is 12.2. The predicted octanol–water partition coefficient (Wildman–Crippen LogP) is 0.458. The van der Waals surface area contributed by atoms with E-state index in [4.69, 9.17) is 5.11 Å². The Morgan fingerprint density at radius 1 is 1.19 bits per heavy atom. The molecule has 4 rings (SSSR count). The highest BCUT2D eigenvalue weighted by Gasteiger charge is 2.43. The first-order valence-corrected chi connectivity index (χ1v) is 7.73. The summed E-state index contributed by atoms with van der Waals surface area (Å²) < 4.78 is 1.71. The van der Waals surface area contributed by atoms with Crippen LogP contribution in [0.4, 0.5) is 0 Å². The van der Waals surface area contributed by atoms with Crippen LogP contribution in [-0.2, 0) is 0 Å². The van der Waals surface area contributed by atoms with Crippen LogP contribution in [0.3, 0.4) is 0 Å². The second-order valence-corrected chi connectivity index (χ2v) is 6.67. The first kappa shape index (κ1) is 13.2. The van der Waals surface area contributed by atoms with Gasteiger partial charge < -0.3 is 10.0 Å². The molecule has 0 saturated carbocycles. The van der Waals surface area contributed by atoms with Crippen molar-refractivity contribution in [2.24, 2.45) is 0 Å². The Morgan fingerprint density at radius 2 is 1.86 bits per heavy atom. The fraction of sp³-hybridized carbons (Fsp3) is 0.786. The maximum Gasteiger partial charge on any atom is 0.358 e. The number of carbonyl (C=O) groups is 1. The van der Waals surface area contributed by atoms with Gasteiger partial charge in [-0.25, -0.2) is 9.48 Å². The van der Waals surface area contributed by atoms with Crippen LogP contribution < -0.4 is 0 Å². The van der Waals surface area contributed by atoms with E-state index in [0.717, 1.165) is 25.2 Å². The summed E-state index contributed by atoms with van der Waals surface area (Å²) in [4.78, 5) is 15.9. The molecule has 7 heteroatoms. The van der Waals surface area contributed by atoms with Gasteiger partial charge in [0.05, 0.1) is 12.2 Å². The highest BCUT2D eigenvalue weighted by molar-refractivity contribution is 5.84. The lowest BCUT2D eigenvalue weighted by molar-refractivity contribution is 0.00404. The maximum atomic E-state index is 10.8.